The van der Waals surface area contributed by atoms with E-state index in [4.69, 9.17) is 4.74 Å². The fraction of sp³-hybridized carbons (Fsp3) is 0.381. The van der Waals surface area contributed by atoms with Crippen LogP contribution in [0.4, 0.5) is 10.1 Å². The van der Waals surface area contributed by atoms with Crippen LogP contribution >= 0.6 is 0 Å². The molecule has 0 radical (unpaired) electrons. The van der Waals surface area contributed by atoms with E-state index >= 15 is 0 Å². The zero-order valence-corrected chi connectivity index (χ0v) is 17.3. The number of hydrogen-bond donors (Lipinski definition) is 2. The molecule has 2 N–H and O–H groups in total. The molecule has 0 spiro atoms. The Kier molecular flexibility index (Phi) is 7.28. The number of carbonyl (C=O) groups excluding carboxylic acids is 3. The van der Waals surface area contributed by atoms with Crippen LogP contribution in [0.1, 0.15) is 46.0 Å². The minimum atomic E-state index is -0.625. The Hall–Kier alpha value is -3.00. The molecule has 0 unspecified atom stereocenters. The summed E-state index contributed by atoms with van der Waals surface area (Å²) in [5, 5.41) is 2.60. The standard InChI is InChI=1S/C21H26FN3O4/c1-6-29-21(28)18-12(2)19(23-13(18)3)20(27)14(4)25(5)11-17(26)24-16-9-7-8-15(22)10-16/h7-10,14,23H,6,11H2,1-5H3,(H,24,26)/t14-/m0/s1. The molecule has 0 saturated heterocycles. The van der Waals surface area contributed by atoms with Crippen LogP contribution in [0, 0.1) is 19.7 Å². The number of likely N-dealkylation sites (N-methyl/N-ethyl adjacent to an activating group) is 1. The first-order chi connectivity index (χ1) is 13.6. The van der Waals surface area contributed by atoms with E-state index in [9.17, 15) is 18.8 Å². The molecule has 7 nitrogen and oxygen atoms in total. The molecule has 0 bridgehead atoms. The largest absolute Gasteiger partial charge is 0.462 e. The molecule has 0 saturated carbocycles. The highest BCUT2D eigenvalue weighted by Crippen LogP contribution is 2.21. The lowest BCUT2D eigenvalue weighted by atomic mass is 10.0. The van der Waals surface area contributed by atoms with Crippen molar-refractivity contribution >= 4 is 23.3 Å². The minimum absolute atomic E-state index is 0.0626. The van der Waals surface area contributed by atoms with Crippen LogP contribution in [0.25, 0.3) is 0 Å². The maximum Gasteiger partial charge on any atom is 0.340 e. The van der Waals surface area contributed by atoms with E-state index < -0.39 is 17.8 Å². The molecular weight excluding hydrogens is 377 g/mol. The van der Waals surface area contributed by atoms with Crippen molar-refractivity contribution in [2.24, 2.45) is 0 Å². The molecule has 0 fully saturated rings. The molecule has 1 amide bonds. The first-order valence-corrected chi connectivity index (χ1v) is 9.31. The lowest BCUT2D eigenvalue weighted by molar-refractivity contribution is -0.117. The highest BCUT2D eigenvalue weighted by atomic mass is 19.1. The number of ketones is 1. The van der Waals surface area contributed by atoms with Gasteiger partial charge in [0.2, 0.25) is 5.91 Å². The Morgan fingerprint density at radius 1 is 1.28 bits per heavy atom. The summed E-state index contributed by atoms with van der Waals surface area (Å²) >= 11 is 0. The number of hydrogen-bond acceptors (Lipinski definition) is 5. The lowest BCUT2D eigenvalue weighted by Gasteiger charge is -2.23. The molecule has 0 aliphatic heterocycles. The van der Waals surface area contributed by atoms with Gasteiger partial charge in [-0.1, -0.05) is 6.07 Å². The van der Waals surface area contributed by atoms with Crippen molar-refractivity contribution in [1.82, 2.24) is 9.88 Å². The van der Waals surface area contributed by atoms with E-state index in [1.807, 2.05) is 0 Å². The van der Waals surface area contributed by atoms with E-state index in [-0.39, 0.29) is 24.8 Å². The van der Waals surface area contributed by atoms with E-state index in [0.29, 0.717) is 28.2 Å². The summed E-state index contributed by atoms with van der Waals surface area (Å²) in [5.74, 6) is -1.55. The predicted octanol–water partition coefficient (Wildman–Crippen LogP) is 3.09. The van der Waals surface area contributed by atoms with E-state index in [2.05, 4.69) is 10.3 Å². The van der Waals surface area contributed by atoms with Crippen LogP contribution in [0.2, 0.25) is 0 Å². The molecule has 2 rings (SSSR count). The molecule has 156 valence electrons. The first-order valence-electron chi connectivity index (χ1n) is 9.31. The minimum Gasteiger partial charge on any atom is -0.462 e. The number of Topliss-reactive ketones (excluding diaryl/α,β-unsaturated/α-hetero) is 1. The summed E-state index contributed by atoms with van der Waals surface area (Å²) in [7, 11) is 1.64. The third-order valence-corrected chi connectivity index (χ3v) is 4.71. The van der Waals surface area contributed by atoms with Crippen LogP contribution in [0.3, 0.4) is 0 Å². The van der Waals surface area contributed by atoms with Crippen molar-refractivity contribution in [3.8, 4) is 0 Å². The van der Waals surface area contributed by atoms with Gasteiger partial charge in [0.25, 0.3) is 0 Å². The maximum atomic E-state index is 13.2. The summed E-state index contributed by atoms with van der Waals surface area (Å²) in [4.78, 5) is 41.8. The summed E-state index contributed by atoms with van der Waals surface area (Å²) in [6.45, 7) is 6.96. The van der Waals surface area contributed by atoms with Crippen molar-refractivity contribution < 1.29 is 23.5 Å². The fourth-order valence-corrected chi connectivity index (χ4v) is 3.05. The molecule has 0 aliphatic carbocycles. The van der Waals surface area contributed by atoms with Crippen LogP contribution in [0.15, 0.2) is 24.3 Å². The van der Waals surface area contributed by atoms with Gasteiger partial charge in [-0.3, -0.25) is 14.5 Å². The number of nitrogens with zero attached hydrogens (tertiary/aromatic N) is 1. The number of amides is 1. The van der Waals surface area contributed by atoms with Gasteiger partial charge < -0.3 is 15.0 Å². The SMILES string of the molecule is CCOC(=O)c1c(C)[nH]c(C(=O)[C@H](C)N(C)CC(=O)Nc2cccc(F)c2)c1C. The van der Waals surface area contributed by atoms with Gasteiger partial charge in [0.05, 0.1) is 30.5 Å². The summed E-state index contributed by atoms with van der Waals surface area (Å²) in [5.41, 5.74) is 2.10. The lowest BCUT2D eigenvalue weighted by Crippen LogP contribution is -2.41. The van der Waals surface area contributed by atoms with Gasteiger partial charge in [-0.15, -0.1) is 0 Å². The Morgan fingerprint density at radius 2 is 1.97 bits per heavy atom. The van der Waals surface area contributed by atoms with Gasteiger partial charge in [0, 0.05) is 11.4 Å². The van der Waals surface area contributed by atoms with Gasteiger partial charge in [-0.25, -0.2) is 9.18 Å². The molecular formula is C21H26FN3O4. The summed E-state index contributed by atoms with van der Waals surface area (Å²) < 4.78 is 18.3. The van der Waals surface area contributed by atoms with Crippen molar-refractivity contribution in [2.75, 3.05) is 25.5 Å². The number of rotatable bonds is 8. The van der Waals surface area contributed by atoms with Gasteiger partial charge in [0.15, 0.2) is 5.78 Å². The molecule has 1 aromatic carbocycles. The van der Waals surface area contributed by atoms with Crippen molar-refractivity contribution in [3.63, 3.8) is 0 Å². The number of anilines is 1. The van der Waals surface area contributed by atoms with Crippen LogP contribution < -0.4 is 5.32 Å². The number of halogens is 1. The molecule has 1 heterocycles. The average Bonchev–Trinajstić information content (AvgIpc) is 2.94. The second-order valence-corrected chi connectivity index (χ2v) is 6.86. The number of H-pyrrole nitrogens is 1. The predicted molar refractivity (Wildman–Crippen MR) is 108 cm³/mol. The zero-order valence-electron chi connectivity index (χ0n) is 17.3. The summed E-state index contributed by atoms with van der Waals surface area (Å²) in [6, 6.07) is 4.96. The summed E-state index contributed by atoms with van der Waals surface area (Å²) in [6.07, 6.45) is 0. The van der Waals surface area contributed by atoms with Crippen LogP contribution in [-0.2, 0) is 9.53 Å². The molecule has 8 heteroatoms. The van der Waals surface area contributed by atoms with Gasteiger partial charge in [0.1, 0.15) is 5.82 Å². The Morgan fingerprint density at radius 3 is 2.59 bits per heavy atom. The Balaban J connectivity index is 2.08. The normalized spacial score (nSPS) is 12.0. The van der Waals surface area contributed by atoms with E-state index in [1.165, 1.54) is 18.2 Å². The Bertz CT molecular complexity index is 923. The molecule has 2 aromatic rings. The molecule has 29 heavy (non-hydrogen) atoms. The number of aromatic nitrogens is 1. The third kappa shape index (κ3) is 5.29. The molecule has 1 aromatic heterocycles. The maximum absolute atomic E-state index is 13.2. The smallest absolute Gasteiger partial charge is 0.340 e. The quantitative estimate of drug-likeness (QED) is 0.522. The molecule has 0 aliphatic rings. The topological polar surface area (TPSA) is 91.5 Å². The van der Waals surface area contributed by atoms with E-state index in [1.54, 1.807) is 45.7 Å². The van der Waals surface area contributed by atoms with Gasteiger partial charge >= 0.3 is 5.97 Å². The molecule has 1 atom stereocenters. The van der Waals surface area contributed by atoms with Gasteiger partial charge in [-0.2, -0.15) is 0 Å². The van der Waals surface area contributed by atoms with Gasteiger partial charge in [-0.05, 0) is 58.5 Å². The number of ether oxygens (including phenoxy) is 1. The number of carbonyl (C=O) groups is 3. The van der Waals surface area contributed by atoms with Crippen molar-refractivity contribution in [3.05, 3.63) is 52.6 Å². The highest BCUT2D eigenvalue weighted by molar-refractivity contribution is 6.04. The highest BCUT2D eigenvalue weighted by Gasteiger charge is 2.28. The number of aryl methyl sites for hydroxylation is 1. The average molecular weight is 403 g/mol. The van der Waals surface area contributed by atoms with Crippen LogP contribution in [-0.4, -0.2) is 53.8 Å². The number of esters is 1. The first kappa shape index (κ1) is 22.3. The Labute approximate surface area is 169 Å². The van der Waals surface area contributed by atoms with Crippen LogP contribution in [0.5, 0.6) is 0 Å². The fourth-order valence-electron chi connectivity index (χ4n) is 3.05. The second-order valence-electron chi connectivity index (χ2n) is 6.86. The second kappa shape index (κ2) is 9.47. The number of benzene rings is 1. The third-order valence-electron chi connectivity index (χ3n) is 4.71. The monoisotopic (exact) mass is 403 g/mol. The zero-order chi connectivity index (χ0) is 21.7. The number of nitrogens with one attached hydrogen (secondary N) is 2. The number of aromatic amines is 1. The van der Waals surface area contributed by atoms with Crippen molar-refractivity contribution in [2.45, 2.75) is 33.7 Å². The van der Waals surface area contributed by atoms with E-state index in [0.717, 1.165) is 0 Å². The van der Waals surface area contributed by atoms with Crippen molar-refractivity contribution in [1.29, 1.82) is 0 Å².